The number of carbonyl (C=O) groups is 2. The molecule has 4 rings (SSSR count). The minimum atomic E-state index is -0.378. The Morgan fingerprint density at radius 2 is 1.78 bits per heavy atom. The second-order valence-electron chi connectivity index (χ2n) is 7.55. The van der Waals surface area contributed by atoms with Crippen LogP contribution in [0.2, 0.25) is 0 Å². The Bertz CT molecular complexity index is 1200. The normalized spacial score (nSPS) is 11.7. The number of carbonyl (C=O) groups excluding carboxylic acids is 2. The monoisotopic (exact) mass is 444 g/mol. The van der Waals surface area contributed by atoms with E-state index in [1.54, 1.807) is 4.68 Å². The van der Waals surface area contributed by atoms with Gasteiger partial charge in [0.1, 0.15) is 5.82 Å². The van der Waals surface area contributed by atoms with Gasteiger partial charge in [-0.2, -0.15) is 5.10 Å². The van der Waals surface area contributed by atoms with E-state index in [1.165, 1.54) is 23.8 Å². The Hall–Kier alpha value is -3.71. The lowest BCUT2D eigenvalue weighted by Crippen LogP contribution is -2.29. The first-order chi connectivity index (χ1) is 15.5. The quantitative estimate of drug-likeness (QED) is 0.416. The van der Waals surface area contributed by atoms with Crippen molar-refractivity contribution in [3.05, 3.63) is 88.6 Å². The fourth-order valence-electron chi connectivity index (χ4n) is 3.44. The van der Waals surface area contributed by atoms with Gasteiger partial charge in [0, 0.05) is 23.4 Å². The molecule has 2 aromatic carbocycles. The third kappa shape index (κ3) is 5.12. The maximum Gasteiger partial charge on any atom is 0.227 e. The van der Waals surface area contributed by atoms with Gasteiger partial charge in [0.25, 0.3) is 0 Å². The third-order valence-electron chi connectivity index (χ3n) is 4.98. The molecule has 0 fully saturated rings. The highest BCUT2D eigenvalue weighted by molar-refractivity contribution is 7.10. The van der Waals surface area contributed by atoms with Gasteiger partial charge in [0.15, 0.2) is 0 Å². The van der Waals surface area contributed by atoms with Crippen LogP contribution < -0.4 is 10.6 Å². The summed E-state index contributed by atoms with van der Waals surface area (Å²) in [5.41, 5.74) is 3.75. The molecule has 0 radical (unpaired) electrons. The largest absolute Gasteiger partial charge is 0.348 e. The number of aryl methyl sites for hydroxylation is 1. The Kier molecular flexibility index (Phi) is 6.47. The summed E-state index contributed by atoms with van der Waals surface area (Å²) in [5.74, 6) is 0.196. The van der Waals surface area contributed by atoms with Crippen molar-refractivity contribution >= 4 is 29.0 Å². The van der Waals surface area contributed by atoms with Gasteiger partial charge in [-0.15, -0.1) is 11.3 Å². The molecule has 0 aliphatic carbocycles. The van der Waals surface area contributed by atoms with Crippen LogP contribution in [0.1, 0.15) is 29.8 Å². The molecule has 4 aromatic rings. The molecular weight excluding hydrogens is 420 g/mol. The number of thiophene rings is 1. The number of anilines is 1. The lowest BCUT2D eigenvalue weighted by atomic mass is 10.1. The zero-order chi connectivity index (χ0) is 22.5. The second kappa shape index (κ2) is 9.62. The van der Waals surface area contributed by atoms with E-state index in [-0.39, 0.29) is 24.3 Å². The summed E-state index contributed by atoms with van der Waals surface area (Å²) in [4.78, 5) is 25.6. The van der Waals surface area contributed by atoms with E-state index in [0.29, 0.717) is 5.82 Å². The summed E-state index contributed by atoms with van der Waals surface area (Å²) in [5, 5.41) is 12.5. The number of amides is 2. The van der Waals surface area contributed by atoms with Gasteiger partial charge in [0.05, 0.1) is 23.8 Å². The summed E-state index contributed by atoms with van der Waals surface area (Å²) in [6.45, 7) is 3.49. The second-order valence-corrected chi connectivity index (χ2v) is 8.53. The van der Waals surface area contributed by atoms with Gasteiger partial charge >= 0.3 is 0 Å². The molecule has 0 aliphatic rings. The molecule has 7 heteroatoms. The summed E-state index contributed by atoms with van der Waals surface area (Å²) >= 11 is 1.51. The fourth-order valence-corrected chi connectivity index (χ4v) is 4.22. The third-order valence-corrected chi connectivity index (χ3v) is 5.96. The van der Waals surface area contributed by atoms with Gasteiger partial charge < -0.3 is 10.6 Å². The number of hydrogen-bond donors (Lipinski definition) is 2. The van der Waals surface area contributed by atoms with Crippen LogP contribution in [-0.4, -0.2) is 21.6 Å². The molecule has 0 saturated carbocycles. The number of benzene rings is 2. The molecule has 2 amide bonds. The molecule has 1 unspecified atom stereocenters. The van der Waals surface area contributed by atoms with Crippen LogP contribution in [0.3, 0.4) is 0 Å². The summed E-state index contributed by atoms with van der Waals surface area (Å²) in [6, 6.07) is 23.1. The van der Waals surface area contributed by atoms with Gasteiger partial charge in [-0.05, 0) is 30.5 Å². The summed E-state index contributed by atoms with van der Waals surface area (Å²) in [6.07, 6.45) is 0.125. The van der Waals surface area contributed by atoms with Gasteiger partial charge in [-0.25, -0.2) is 4.68 Å². The lowest BCUT2D eigenvalue weighted by Gasteiger charge is -2.16. The van der Waals surface area contributed by atoms with Crippen LogP contribution in [0, 0.1) is 6.92 Å². The number of aromatic nitrogens is 2. The molecule has 2 N–H and O–H groups in total. The topological polar surface area (TPSA) is 76.0 Å². The minimum absolute atomic E-state index is 0.125. The van der Waals surface area contributed by atoms with Gasteiger partial charge in [-0.1, -0.05) is 54.1 Å². The van der Waals surface area contributed by atoms with Crippen molar-refractivity contribution in [2.24, 2.45) is 0 Å². The molecule has 6 nitrogen and oxygen atoms in total. The van der Waals surface area contributed by atoms with Crippen LogP contribution in [-0.2, 0) is 9.59 Å². The van der Waals surface area contributed by atoms with E-state index in [0.717, 1.165) is 21.8 Å². The van der Waals surface area contributed by atoms with Crippen LogP contribution in [0.4, 0.5) is 5.82 Å². The number of nitrogens with one attached hydrogen (secondary N) is 2. The summed E-state index contributed by atoms with van der Waals surface area (Å²) < 4.78 is 1.73. The maximum atomic E-state index is 13.0. The first-order valence-electron chi connectivity index (χ1n) is 10.3. The minimum Gasteiger partial charge on any atom is -0.348 e. The maximum absolute atomic E-state index is 13.0. The molecule has 2 heterocycles. The van der Waals surface area contributed by atoms with Gasteiger partial charge in [-0.3, -0.25) is 9.59 Å². The van der Waals surface area contributed by atoms with E-state index in [2.05, 4.69) is 10.6 Å². The first-order valence-corrected chi connectivity index (χ1v) is 11.2. The summed E-state index contributed by atoms with van der Waals surface area (Å²) in [7, 11) is 0. The molecule has 2 aromatic heterocycles. The van der Waals surface area contributed by atoms with Crippen LogP contribution in [0.25, 0.3) is 16.9 Å². The molecular formula is C25H24N4O2S. The Labute approximate surface area is 190 Å². The molecule has 0 aliphatic heterocycles. The molecule has 162 valence electrons. The average molecular weight is 445 g/mol. The van der Waals surface area contributed by atoms with Crippen molar-refractivity contribution in [3.8, 4) is 16.9 Å². The first kappa shape index (κ1) is 21.5. The SMILES string of the molecule is CC(=O)NC(CC(=O)Nc1cc(-c2ccc(C)cc2)nn1-c1ccccc1)c1cccs1. The van der Waals surface area contributed by atoms with E-state index in [1.807, 2.05) is 85.1 Å². The van der Waals surface area contributed by atoms with Crippen molar-refractivity contribution in [2.45, 2.75) is 26.3 Å². The highest BCUT2D eigenvalue weighted by Crippen LogP contribution is 2.27. The highest BCUT2D eigenvalue weighted by atomic mass is 32.1. The standard InChI is InChI=1S/C25H24N4O2S/c1-17-10-12-19(13-11-17)21-15-24(29(28-21)20-7-4-3-5-8-20)27-25(31)16-22(26-18(2)30)23-9-6-14-32-23/h3-15,22H,16H2,1-2H3,(H,26,30)(H,27,31). The molecule has 32 heavy (non-hydrogen) atoms. The molecule has 1 atom stereocenters. The van der Waals surface area contributed by atoms with Crippen molar-refractivity contribution < 1.29 is 9.59 Å². The van der Waals surface area contributed by atoms with Crippen LogP contribution in [0.5, 0.6) is 0 Å². The Morgan fingerprint density at radius 3 is 2.44 bits per heavy atom. The fraction of sp³-hybridized carbons (Fsp3) is 0.160. The predicted octanol–water partition coefficient (Wildman–Crippen LogP) is 5.12. The number of rotatable bonds is 7. The van der Waals surface area contributed by atoms with E-state index in [9.17, 15) is 9.59 Å². The van der Waals surface area contributed by atoms with Crippen LogP contribution >= 0.6 is 11.3 Å². The number of nitrogens with zero attached hydrogens (tertiary/aromatic N) is 2. The highest BCUT2D eigenvalue weighted by Gasteiger charge is 2.20. The smallest absolute Gasteiger partial charge is 0.227 e. The van der Waals surface area contributed by atoms with Crippen molar-refractivity contribution in [1.29, 1.82) is 0 Å². The number of hydrogen-bond acceptors (Lipinski definition) is 4. The Morgan fingerprint density at radius 1 is 1.03 bits per heavy atom. The van der Waals surface area contributed by atoms with E-state index < -0.39 is 0 Å². The predicted molar refractivity (Wildman–Crippen MR) is 128 cm³/mol. The van der Waals surface area contributed by atoms with Crippen molar-refractivity contribution in [3.63, 3.8) is 0 Å². The van der Waals surface area contributed by atoms with E-state index >= 15 is 0 Å². The van der Waals surface area contributed by atoms with Gasteiger partial charge in [0.2, 0.25) is 11.8 Å². The number of para-hydroxylation sites is 1. The van der Waals surface area contributed by atoms with Crippen LogP contribution in [0.15, 0.2) is 78.2 Å². The molecule has 0 bridgehead atoms. The van der Waals surface area contributed by atoms with Crippen molar-refractivity contribution in [2.75, 3.05) is 5.32 Å². The average Bonchev–Trinajstić information content (AvgIpc) is 3.45. The zero-order valence-electron chi connectivity index (χ0n) is 17.9. The van der Waals surface area contributed by atoms with E-state index in [4.69, 9.17) is 5.10 Å². The molecule has 0 saturated heterocycles. The zero-order valence-corrected chi connectivity index (χ0v) is 18.7. The van der Waals surface area contributed by atoms with Crippen molar-refractivity contribution in [1.82, 2.24) is 15.1 Å². The Balaban J connectivity index is 1.62. The lowest BCUT2D eigenvalue weighted by molar-refractivity contribution is -0.120. The molecule has 0 spiro atoms.